The summed E-state index contributed by atoms with van der Waals surface area (Å²) in [4.78, 5) is 0. The molecule has 0 heterocycles. The second-order valence-electron chi connectivity index (χ2n) is 7.81. The van der Waals surface area contributed by atoms with Crippen molar-refractivity contribution >= 4 is 0 Å². The number of benzene rings is 2. The predicted octanol–water partition coefficient (Wildman–Crippen LogP) is 3.19. The number of hydrogen-bond acceptors (Lipinski definition) is 6. The van der Waals surface area contributed by atoms with Gasteiger partial charge in [-0.3, -0.25) is 0 Å². The molecule has 0 spiro atoms. The predicted molar refractivity (Wildman–Crippen MR) is 108 cm³/mol. The van der Waals surface area contributed by atoms with Crippen LogP contribution in [0, 0.1) is 11.8 Å². The van der Waals surface area contributed by atoms with E-state index in [9.17, 15) is 20.4 Å². The lowest BCUT2D eigenvalue weighted by molar-refractivity contribution is 0.252. The van der Waals surface area contributed by atoms with Crippen LogP contribution in [0.4, 0.5) is 0 Å². The lowest BCUT2D eigenvalue weighted by atomic mass is 9.81. The number of phenols is 4. The van der Waals surface area contributed by atoms with Gasteiger partial charge in [0, 0.05) is 13.1 Å². The van der Waals surface area contributed by atoms with E-state index in [0.717, 1.165) is 24.2 Å². The number of hydrogen-bond donors (Lipinski definition) is 6. The Labute approximate surface area is 165 Å². The monoisotopic (exact) mass is 386 g/mol. The first-order chi connectivity index (χ1) is 13.5. The Kier molecular flexibility index (Phi) is 7.01. The van der Waals surface area contributed by atoms with Crippen molar-refractivity contribution in [1.29, 1.82) is 0 Å². The molecule has 6 nitrogen and oxygen atoms in total. The number of rotatable bonds is 8. The van der Waals surface area contributed by atoms with Crippen LogP contribution in [0.1, 0.15) is 36.8 Å². The van der Waals surface area contributed by atoms with Gasteiger partial charge in [0.05, 0.1) is 0 Å². The third-order valence-corrected chi connectivity index (χ3v) is 5.50. The molecule has 1 aliphatic rings. The minimum Gasteiger partial charge on any atom is -0.504 e. The molecule has 0 saturated heterocycles. The zero-order valence-corrected chi connectivity index (χ0v) is 16.1. The zero-order valence-electron chi connectivity index (χ0n) is 16.1. The van der Waals surface area contributed by atoms with Gasteiger partial charge in [0.1, 0.15) is 0 Å². The topological polar surface area (TPSA) is 105 Å². The van der Waals surface area contributed by atoms with E-state index in [1.54, 1.807) is 12.1 Å². The largest absolute Gasteiger partial charge is 0.504 e. The molecule has 0 aromatic heterocycles. The molecule has 3 rings (SSSR count). The van der Waals surface area contributed by atoms with Gasteiger partial charge in [-0.15, -0.1) is 0 Å². The van der Waals surface area contributed by atoms with Crippen LogP contribution < -0.4 is 10.6 Å². The Morgan fingerprint density at radius 1 is 0.679 bits per heavy atom. The third kappa shape index (κ3) is 5.78. The van der Waals surface area contributed by atoms with Crippen molar-refractivity contribution in [3.05, 3.63) is 47.5 Å². The molecule has 28 heavy (non-hydrogen) atoms. The molecule has 6 N–H and O–H groups in total. The van der Waals surface area contributed by atoms with Crippen molar-refractivity contribution in [3.63, 3.8) is 0 Å². The molecule has 2 aromatic carbocycles. The minimum atomic E-state index is -0.0890. The number of phenolic OH excluding ortho intramolecular Hbond substituents is 4. The Morgan fingerprint density at radius 2 is 1.14 bits per heavy atom. The lowest BCUT2D eigenvalue weighted by Gasteiger charge is -2.29. The fourth-order valence-electron chi connectivity index (χ4n) is 3.97. The van der Waals surface area contributed by atoms with E-state index in [1.165, 1.54) is 37.8 Å². The summed E-state index contributed by atoms with van der Waals surface area (Å²) in [6, 6.07) is 9.85. The lowest BCUT2D eigenvalue weighted by Crippen LogP contribution is -2.31. The van der Waals surface area contributed by atoms with Crippen molar-refractivity contribution in [1.82, 2.24) is 10.6 Å². The first-order valence-electron chi connectivity index (χ1n) is 9.94. The van der Waals surface area contributed by atoms with Crippen molar-refractivity contribution in [2.24, 2.45) is 11.8 Å². The molecule has 1 fully saturated rings. The standard InChI is InChI=1S/C22H30N2O4/c25-19-6-4-17(9-21(19)27)13-23-11-15-2-1-3-16(8-15)12-24-14-18-5-7-20(26)22(28)10-18/h4-7,9-10,15-16,23-28H,1-3,8,11-14H2. The van der Waals surface area contributed by atoms with Gasteiger partial charge in [-0.25, -0.2) is 0 Å². The van der Waals surface area contributed by atoms with Gasteiger partial charge in [0.2, 0.25) is 0 Å². The second-order valence-corrected chi connectivity index (χ2v) is 7.81. The van der Waals surface area contributed by atoms with Gasteiger partial charge >= 0.3 is 0 Å². The van der Waals surface area contributed by atoms with Crippen LogP contribution in [0.3, 0.4) is 0 Å². The smallest absolute Gasteiger partial charge is 0.157 e. The van der Waals surface area contributed by atoms with Gasteiger partial charge in [0.25, 0.3) is 0 Å². The summed E-state index contributed by atoms with van der Waals surface area (Å²) in [7, 11) is 0. The highest BCUT2D eigenvalue weighted by Crippen LogP contribution is 2.29. The maximum Gasteiger partial charge on any atom is 0.157 e. The molecule has 1 saturated carbocycles. The quantitative estimate of drug-likeness (QED) is 0.389. The summed E-state index contributed by atoms with van der Waals surface area (Å²) >= 11 is 0. The SMILES string of the molecule is Oc1ccc(CNCC2CCCC(CNCc3ccc(O)c(O)c3)C2)cc1O. The normalized spacial score (nSPS) is 19.6. The summed E-state index contributed by atoms with van der Waals surface area (Å²) in [6.45, 7) is 3.25. The van der Waals surface area contributed by atoms with Crippen LogP contribution in [0.5, 0.6) is 23.0 Å². The molecule has 6 heteroatoms. The first kappa shape index (κ1) is 20.3. The summed E-state index contributed by atoms with van der Waals surface area (Å²) < 4.78 is 0. The second kappa shape index (κ2) is 9.66. The molecular weight excluding hydrogens is 356 g/mol. The van der Waals surface area contributed by atoms with Crippen molar-refractivity contribution < 1.29 is 20.4 Å². The molecule has 2 aromatic rings. The van der Waals surface area contributed by atoms with E-state index < -0.39 is 0 Å². The fourth-order valence-corrected chi connectivity index (χ4v) is 3.97. The Hall–Kier alpha value is -2.44. The number of aromatic hydroxyl groups is 4. The summed E-state index contributed by atoms with van der Waals surface area (Å²) in [5.74, 6) is 0.950. The van der Waals surface area contributed by atoms with Gasteiger partial charge in [0.15, 0.2) is 23.0 Å². The van der Waals surface area contributed by atoms with Crippen LogP contribution in [0.25, 0.3) is 0 Å². The Balaban J connectivity index is 1.37. The van der Waals surface area contributed by atoms with Crippen molar-refractivity contribution in [2.45, 2.75) is 38.8 Å². The highest BCUT2D eigenvalue weighted by Gasteiger charge is 2.21. The van der Waals surface area contributed by atoms with Crippen LogP contribution in [0.15, 0.2) is 36.4 Å². The van der Waals surface area contributed by atoms with Gasteiger partial charge in [-0.1, -0.05) is 18.6 Å². The molecule has 0 bridgehead atoms. The summed E-state index contributed by atoms with van der Waals surface area (Å²) in [5, 5.41) is 44.8. The Bertz CT molecular complexity index is 718. The van der Waals surface area contributed by atoms with Crippen molar-refractivity contribution in [3.8, 4) is 23.0 Å². The van der Waals surface area contributed by atoms with Gasteiger partial charge < -0.3 is 31.1 Å². The molecule has 0 aliphatic heterocycles. The average molecular weight is 386 g/mol. The van der Waals surface area contributed by atoms with Gasteiger partial charge in [-0.2, -0.15) is 0 Å². The van der Waals surface area contributed by atoms with Crippen LogP contribution in [-0.2, 0) is 13.1 Å². The van der Waals surface area contributed by atoms with E-state index in [2.05, 4.69) is 10.6 Å². The zero-order chi connectivity index (χ0) is 19.9. The van der Waals surface area contributed by atoms with Crippen LogP contribution >= 0.6 is 0 Å². The average Bonchev–Trinajstić information content (AvgIpc) is 2.68. The van der Waals surface area contributed by atoms with E-state index in [0.29, 0.717) is 24.9 Å². The van der Waals surface area contributed by atoms with Crippen molar-refractivity contribution in [2.75, 3.05) is 13.1 Å². The summed E-state index contributed by atoms with van der Waals surface area (Å²) in [5.41, 5.74) is 1.92. The molecular formula is C22H30N2O4. The molecule has 152 valence electrons. The maximum absolute atomic E-state index is 9.57. The molecule has 1 aliphatic carbocycles. The van der Waals surface area contributed by atoms with Gasteiger partial charge in [-0.05, 0) is 79.6 Å². The molecule has 0 amide bonds. The summed E-state index contributed by atoms with van der Waals surface area (Å²) in [6.07, 6.45) is 4.88. The minimum absolute atomic E-state index is 0.0787. The number of nitrogens with one attached hydrogen (secondary N) is 2. The Morgan fingerprint density at radius 3 is 1.57 bits per heavy atom. The maximum atomic E-state index is 9.57. The highest BCUT2D eigenvalue weighted by molar-refractivity contribution is 5.41. The van der Waals surface area contributed by atoms with E-state index in [-0.39, 0.29) is 23.0 Å². The van der Waals surface area contributed by atoms with E-state index in [4.69, 9.17) is 0 Å². The fraction of sp³-hybridized carbons (Fsp3) is 0.455. The molecule has 2 atom stereocenters. The molecule has 0 radical (unpaired) electrons. The van der Waals surface area contributed by atoms with E-state index in [1.807, 2.05) is 12.1 Å². The molecule has 2 unspecified atom stereocenters. The van der Waals surface area contributed by atoms with Crippen LogP contribution in [0.2, 0.25) is 0 Å². The highest BCUT2D eigenvalue weighted by atomic mass is 16.3. The first-order valence-corrected chi connectivity index (χ1v) is 9.94. The van der Waals surface area contributed by atoms with Crippen LogP contribution in [-0.4, -0.2) is 33.5 Å². The van der Waals surface area contributed by atoms with E-state index >= 15 is 0 Å². The third-order valence-electron chi connectivity index (χ3n) is 5.50.